The predicted octanol–water partition coefficient (Wildman–Crippen LogP) is 4.31. The van der Waals surface area contributed by atoms with Crippen LogP contribution in [-0.2, 0) is 17.8 Å². The topological polar surface area (TPSA) is 49.8 Å². The number of nitrogens with zero attached hydrogens (tertiary/aromatic N) is 1. The predicted molar refractivity (Wildman–Crippen MR) is 115 cm³/mol. The number of methoxy groups -OCH3 is 1. The first-order valence-electron chi connectivity index (χ1n) is 9.75. The van der Waals surface area contributed by atoms with Crippen LogP contribution in [0.2, 0.25) is 0 Å². The minimum Gasteiger partial charge on any atom is -0.496 e. The average Bonchev–Trinajstić information content (AvgIpc) is 2.74. The van der Waals surface area contributed by atoms with Gasteiger partial charge in [-0.2, -0.15) is 0 Å². The maximum absolute atomic E-state index is 13.2. The van der Waals surface area contributed by atoms with Gasteiger partial charge in [-0.15, -0.1) is 0 Å². The van der Waals surface area contributed by atoms with Gasteiger partial charge < -0.3 is 14.7 Å². The number of aliphatic hydroxyl groups is 1. The minimum atomic E-state index is -0.750. The largest absolute Gasteiger partial charge is 0.496 e. The molecule has 0 heterocycles. The van der Waals surface area contributed by atoms with Gasteiger partial charge in [-0.1, -0.05) is 78.4 Å². The zero-order chi connectivity index (χ0) is 20.6. The maximum atomic E-state index is 13.2. The molecular formula is C25H27NO3. The second-order valence-corrected chi connectivity index (χ2v) is 7.18. The van der Waals surface area contributed by atoms with E-state index in [0.29, 0.717) is 12.3 Å². The van der Waals surface area contributed by atoms with Gasteiger partial charge in [0.1, 0.15) is 5.75 Å². The minimum absolute atomic E-state index is 0.0509. The Morgan fingerprint density at radius 2 is 1.72 bits per heavy atom. The van der Waals surface area contributed by atoms with Crippen molar-refractivity contribution in [2.75, 3.05) is 13.7 Å². The molecule has 4 nitrogen and oxygen atoms in total. The van der Waals surface area contributed by atoms with Crippen LogP contribution in [0, 0.1) is 6.92 Å². The van der Waals surface area contributed by atoms with Crippen molar-refractivity contribution in [3.05, 3.63) is 101 Å². The molecule has 1 N–H and O–H groups in total. The monoisotopic (exact) mass is 389 g/mol. The molecule has 150 valence electrons. The van der Waals surface area contributed by atoms with Crippen LogP contribution in [-0.4, -0.2) is 29.6 Å². The molecule has 0 bridgehead atoms. The SMILES string of the molecule is COc1ccccc1CC(=O)N(Cc1ccccc1)C[C@H](O)c1cccc(C)c1. The first kappa shape index (κ1) is 20.6. The highest BCUT2D eigenvalue weighted by Crippen LogP contribution is 2.21. The van der Waals surface area contributed by atoms with Crippen molar-refractivity contribution in [1.82, 2.24) is 4.90 Å². The van der Waals surface area contributed by atoms with Crippen molar-refractivity contribution in [1.29, 1.82) is 0 Å². The molecule has 0 spiro atoms. The lowest BCUT2D eigenvalue weighted by atomic mass is 10.0. The van der Waals surface area contributed by atoms with E-state index in [-0.39, 0.29) is 18.9 Å². The Kier molecular flexibility index (Phi) is 7.04. The van der Waals surface area contributed by atoms with Crippen LogP contribution in [0.3, 0.4) is 0 Å². The third-order valence-electron chi connectivity index (χ3n) is 4.92. The molecule has 0 saturated carbocycles. The zero-order valence-corrected chi connectivity index (χ0v) is 16.9. The van der Waals surface area contributed by atoms with E-state index in [4.69, 9.17) is 4.74 Å². The highest BCUT2D eigenvalue weighted by molar-refractivity contribution is 5.79. The quantitative estimate of drug-likeness (QED) is 0.625. The van der Waals surface area contributed by atoms with Crippen LogP contribution in [0.25, 0.3) is 0 Å². The summed E-state index contributed by atoms with van der Waals surface area (Å²) in [6.07, 6.45) is -0.530. The van der Waals surface area contributed by atoms with Gasteiger partial charge in [0.05, 0.1) is 26.2 Å². The van der Waals surface area contributed by atoms with Gasteiger partial charge >= 0.3 is 0 Å². The van der Waals surface area contributed by atoms with Crippen LogP contribution in [0.1, 0.15) is 28.4 Å². The fourth-order valence-corrected chi connectivity index (χ4v) is 3.37. The van der Waals surface area contributed by atoms with E-state index >= 15 is 0 Å². The summed E-state index contributed by atoms with van der Waals surface area (Å²) in [6, 6.07) is 25.1. The molecule has 3 aromatic carbocycles. The highest BCUT2D eigenvalue weighted by atomic mass is 16.5. The summed E-state index contributed by atoms with van der Waals surface area (Å²) in [5.74, 6) is 0.643. The Morgan fingerprint density at radius 1 is 1.00 bits per heavy atom. The number of aliphatic hydroxyl groups excluding tert-OH is 1. The first-order chi connectivity index (χ1) is 14.1. The maximum Gasteiger partial charge on any atom is 0.227 e. The summed E-state index contributed by atoms with van der Waals surface area (Å²) >= 11 is 0. The van der Waals surface area contributed by atoms with Gasteiger partial charge in [0.2, 0.25) is 5.91 Å². The lowest BCUT2D eigenvalue weighted by Crippen LogP contribution is -2.35. The molecule has 0 aliphatic rings. The number of benzene rings is 3. The van der Waals surface area contributed by atoms with Crippen LogP contribution >= 0.6 is 0 Å². The number of hydrogen-bond donors (Lipinski definition) is 1. The van der Waals surface area contributed by atoms with Gasteiger partial charge in [-0.25, -0.2) is 0 Å². The van der Waals surface area contributed by atoms with Crippen LogP contribution in [0.4, 0.5) is 0 Å². The summed E-state index contributed by atoms with van der Waals surface area (Å²) in [6.45, 7) is 2.66. The Balaban J connectivity index is 1.81. The molecule has 0 fully saturated rings. The van der Waals surface area contributed by atoms with E-state index in [1.54, 1.807) is 12.0 Å². The normalized spacial score (nSPS) is 11.7. The van der Waals surface area contributed by atoms with E-state index in [1.807, 2.05) is 85.8 Å². The van der Waals surface area contributed by atoms with Crippen molar-refractivity contribution < 1.29 is 14.6 Å². The number of amides is 1. The summed E-state index contributed by atoms with van der Waals surface area (Å²) in [5.41, 5.74) is 3.75. The van der Waals surface area contributed by atoms with Crippen LogP contribution < -0.4 is 4.74 Å². The van der Waals surface area contributed by atoms with Gasteiger partial charge in [0.15, 0.2) is 0 Å². The Bertz CT molecular complexity index is 940. The van der Waals surface area contributed by atoms with Crippen molar-refractivity contribution in [3.8, 4) is 5.75 Å². The summed E-state index contributed by atoms with van der Waals surface area (Å²) in [5, 5.41) is 10.8. The van der Waals surface area contributed by atoms with E-state index < -0.39 is 6.10 Å². The summed E-state index contributed by atoms with van der Waals surface area (Å²) in [4.78, 5) is 14.9. The van der Waals surface area contributed by atoms with E-state index in [2.05, 4.69) is 0 Å². The second kappa shape index (κ2) is 9.89. The zero-order valence-electron chi connectivity index (χ0n) is 16.9. The third-order valence-corrected chi connectivity index (χ3v) is 4.92. The number of aryl methyl sites for hydroxylation is 1. The molecule has 0 aromatic heterocycles. The Hall–Kier alpha value is -3.11. The standard InChI is InChI=1S/C25H27NO3/c1-19-9-8-13-21(15-19)23(27)18-26(17-20-10-4-3-5-11-20)25(28)16-22-12-6-7-14-24(22)29-2/h3-15,23,27H,16-18H2,1-2H3/t23-/m0/s1. The molecule has 29 heavy (non-hydrogen) atoms. The summed E-state index contributed by atoms with van der Waals surface area (Å²) in [7, 11) is 1.60. The van der Waals surface area contributed by atoms with Crippen molar-refractivity contribution in [2.45, 2.75) is 26.0 Å². The van der Waals surface area contributed by atoms with E-state index in [0.717, 1.165) is 22.3 Å². The highest BCUT2D eigenvalue weighted by Gasteiger charge is 2.20. The van der Waals surface area contributed by atoms with Crippen molar-refractivity contribution in [2.24, 2.45) is 0 Å². The van der Waals surface area contributed by atoms with E-state index in [1.165, 1.54) is 0 Å². The lowest BCUT2D eigenvalue weighted by molar-refractivity contribution is -0.132. The molecule has 0 radical (unpaired) electrons. The van der Waals surface area contributed by atoms with Gasteiger partial charge in [-0.3, -0.25) is 4.79 Å². The smallest absolute Gasteiger partial charge is 0.227 e. The third kappa shape index (κ3) is 5.69. The first-order valence-corrected chi connectivity index (χ1v) is 9.75. The molecule has 4 heteroatoms. The van der Waals surface area contributed by atoms with Crippen LogP contribution in [0.15, 0.2) is 78.9 Å². The molecule has 1 amide bonds. The average molecular weight is 389 g/mol. The number of rotatable bonds is 8. The molecule has 3 aromatic rings. The number of hydrogen-bond acceptors (Lipinski definition) is 3. The number of carbonyl (C=O) groups excluding carboxylic acids is 1. The van der Waals surface area contributed by atoms with E-state index in [9.17, 15) is 9.90 Å². The number of ether oxygens (including phenoxy) is 1. The van der Waals surface area contributed by atoms with Crippen molar-refractivity contribution >= 4 is 5.91 Å². The van der Waals surface area contributed by atoms with Gasteiger partial charge in [0, 0.05) is 12.1 Å². The molecule has 0 unspecified atom stereocenters. The molecular weight excluding hydrogens is 362 g/mol. The number of para-hydroxylation sites is 1. The fraction of sp³-hybridized carbons (Fsp3) is 0.240. The lowest BCUT2D eigenvalue weighted by Gasteiger charge is -2.26. The fourth-order valence-electron chi connectivity index (χ4n) is 3.37. The Morgan fingerprint density at radius 3 is 2.45 bits per heavy atom. The van der Waals surface area contributed by atoms with Crippen molar-refractivity contribution in [3.63, 3.8) is 0 Å². The molecule has 1 atom stereocenters. The second-order valence-electron chi connectivity index (χ2n) is 7.18. The molecule has 0 aliphatic heterocycles. The molecule has 0 aliphatic carbocycles. The Labute approximate surface area is 172 Å². The molecule has 3 rings (SSSR count). The number of carbonyl (C=O) groups is 1. The molecule has 0 saturated heterocycles. The van der Waals surface area contributed by atoms with Gasteiger partial charge in [-0.05, 0) is 24.1 Å². The summed E-state index contributed by atoms with van der Waals surface area (Å²) < 4.78 is 5.39. The van der Waals surface area contributed by atoms with Crippen LogP contribution in [0.5, 0.6) is 5.75 Å². The van der Waals surface area contributed by atoms with Gasteiger partial charge in [0.25, 0.3) is 0 Å².